The first kappa shape index (κ1) is 21.2. The minimum Gasteiger partial charge on any atom is -0.367 e. The molecule has 0 bridgehead atoms. The fourth-order valence-corrected chi connectivity index (χ4v) is 3.92. The molecular formula is C21H33N7O. The van der Waals surface area contributed by atoms with Crippen LogP contribution in [0.3, 0.4) is 0 Å². The number of aryl methyl sites for hydroxylation is 2. The van der Waals surface area contributed by atoms with Crippen LogP contribution in [-0.4, -0.2) is 54.7 Å². The van der Waals surface area contributed by atoms with Crippen molar-refractivity contribution in [3.63, 3.8) is 0 Å². The van der Waals surface area contributed by atoms with Crippen molar-refractivity contribution in [3.8, 4) is 11.4 Å². The Bertz CT molecular complexity index is 943. The summed E-state index contributed by atoms with van der Waals surface area (Å²) in [6.45, 7) is 18.7. The molecule has 3 aromatic heterocycles. The van der Waals surface area contributed by atoms with Crippen molar-refractivity contribution in [3.05, 3.63) is 17.8 Å². The lowest BCUT2D eigenvalue weighted by atomic mass is 10.2. The zero-order valence-corrected chi connectivity index (χ0v) is 18.8. The molecule has 0 saturated heterocycles. The Balaban J connectivity index is 1.98. The fourth-order valence-electron chi connectivity index (χ4n) is 3.92. The van der Waals surface area contributed by atoms with Gasteiger partial charge in [0, 0.05) is 31.2 Å². The van der Waals surface area contributed by atoms with E-state index in [0.717, 1.165) is 52.9 Å². The Kier molecular flexibility index (Phi) is 6.21. The third-order valence-corrected chi connectivity index (χ3v) is 5.24. The summed E-state index contributed by atoms with van der Waals surface area (Å²) in [5, 5.41) is 7.58. The van der Waals surface area contributed by atoms with Crippen molar-refractivity contribution in [1.29, 1.82) is 0 Å². The summed E-state index contributed by atoms with van der Waals surface area (Å²) < 4.78 is 7.51. The lowest BCUT2D eigenvalue weighted by Gasteiger charge is -2.30. The van der Waals surface area contributed by atoms with Crippen molar-refractivity contribution < 1.29 is 4.52 Å². The van der Waals surface area contributed by atoms with Gasteiger partial charge in [0.05, 0.1) is 11.3 Å². The molecule has 0 atom stereocenters. The fraction of sp³-hybridized carbons (Fsp3) is 0.619. The third-order valence-electron chi connectivity index (χ3n) is 5.24. The van der Waals surface area contributed by atoms with E-state index in [1.165, 1.54) is 0 Å². The van der Waals surface area contributed by atoms with Crippen LogP contribution in [0.1, 0.15) is 59.0 Å². The Labute approximate surface area is 172 Å². The van der Waals surface area contributed by atoms with E-state index in [9.17, 15) is 0 Å². The molecule has 8 heteroatoms. The SMILES string of the molecule is Cc1noc(C)c1-c1nc2c(NCCN(C(C)C)C(C)C)ncnc2n1C(C)C. The molecule has 158 valence electrons. The van der Waals surface area contributed by atoms with Crippen molar-refractivity contribution in [2.24, 2.45) is 0 Å². The number of hydrogen-bond acceptors (Lipinski definition) is 7. The van der Waals surface area contributed by atoms with E-state index in [0.29, 0.717) is 12.1 Å². The van der Waals surface area contributed by atoms with E-state index in [2.05, 4.69) is 71.5 Å². The van der Waals surface area contributed by atoms with Gasteiger partial charge in [-0.3, -0.25) is 4.90 Å². The number of hydrogen-bond donors (Lipinski definition) is 1. The van der Waals surface area contributed by atoms with Crippen LogP contribution in [-0.2, 0) is 0 Å². The summed E-state index contributed by atoms with van der Waals surface area (Å²) in [4.78, 5) is 16.4. The molecule has 3 heterocycles. The number of aromatic nitrogens is 5. The summed E-state index contributed by atoms with van der Waals surface area (Å²) in [5.74, 6) is 2.34. The van der Waals surface area contributed by atoms with E-state index in [1.54, 1.807) is 6.33 Å². The molecule has 1 N–H and O–H groups in total. The third kappa shape index (κ3) is 4.12. The normalized spacial score (nSPS) is 12.3. The van der Waals surface area contributed by atoms with Crippen LogP contribution in [0.25, 0.3) is 22.6 Å². The Hall–Kier alpha value is -2.48. The van der Waals surface area contributed by atoms with Gasteiger partial charge in [-0.25, -0.2) is 15.0 Å². The van der Waals surface area contributed by atoms with E-state index in [-0.39, 0.29) is 6.04 Å². The minimum absolute atomic E-state index is 0.184. The quantitative estimate of drug-likeness (QED) is 0.607. The molecule has 0 aliphatic rings. The van der Waals surface area contributed by atoms with Gasteiger partial charge in [0.2, 0.25) is 0 Å². The number of fused-ring (bicyclic) bond motifs is 1. The summed E-state index contributed by atoms with van der Waals surface area (Å²) in [7, 11) is 0. The molecule has 0 radical (unpaired) electrons. The van der Waals surface area contributed by atoms with Gasteiger partial charge in [-0.2, -0.15) is 0 Å². The second-order valence-electron chi connectivity index (χ2n) is 8.34. The molecule has 3 rings (SSSR count). The van der Waals surface area contributed by atoms with Crippen LogP contribution >= 0.6 is 0 Å². The highest BCUT2D eigenvalue weighted by Crippen LogP contribution is 2.33. The molecule has 0 aliphatic heterocycles. The van der Waals surface area contributed by atoms with Crippen LogP contribution in [0.15, 0.2) is 10.9 Å². The zero-order chi connectivity index (χ0) is 21.3. The zero-order valence-electron chi connectivity index (χ0n) is 18.8. The average Bonchev–Trinajstić information content (AvgIpc) is 3.17. The largest absolute Gasteiger partial charge is 0.367 e. The Morgan fingerprint density at radius 3 is 2.31 bits per heavy atom. The Morgan fingerprint density at radius 1 is 1.07 bits per heavy atom. The number of nitrogens with zero attached hydrogens (tertiary/aromatic N) is 6. The number of rotatable bonds is 8. The highest BCUT2D eigenvalue weighted by atomic mass is 16.5. The summed E-state index contributed by atoms with van der Waals surface area (Å²) >= 11 is 0. The van der Waals surface area contributed by atoms with Gasteiger partial charge in [0.1, 0.15) is 17.9 Å². The van der Waals surface area contributed by atoms with Crippen molar-refractivity contribution >= 4 is 17.0 Å². The summed E-state index contributed by atoms with van der Waals surface area (Å²) in [5.41, 5.74) is 3.34. The van der Waals surface area contributed by atoms with Gasteiger partial charge in [-0.05, 0) is 55.4 Å². The smallest absolute Gasteiger partial charge is 0.166 e. The molecule has 0 fully saturated rings. The van der Waals surface area contributed by atoms with Gasteiger partial charge in [-0.15, -0.1) is 0 Å². The molecule has 0 aromatic carbocycles. The molecule has 8 nitrogen and oxygen atoms in total. The lowest BCUT2D eigenvalue weighted by Crippen LogP contribution is -2.40. The standard InChI is InChI=1S/C21H33N7O/c1-12(2)27(13(3)4)10-9-22-19-18-21(24-11-23-19)28(14(5)6)20(25-18)17-15(7)26-29-16(17)8/h11-14H,9-10H2,1-8H3,(H,22,23,24). The predicted molar refractivity (Wildman–Crippen MR) is 116 cm³/mol. The molecule has 0 spiro atoms. The van der Waals surface area contributed by atoms with E-state index < -0.39 is 0 Å². The minimum atomic E-state index is 0.184. The summed E-state index contributed by atoms with van der Waals surface area (Å²) in [6, 6.07) is 1.17. The molecule has 0 aliphatic carbocycles. The first-order valence-corrected chi connectivity index (χ1v) is 10.4. The van der Waals surface area contributed by atoms with Gasteiger partial charge in [0.25, 0.3) is 0 Å². The average molecular weight is 400 g/mol. The maximum atomic E-state index is 5.39. The van der Waals surface area contributed by atoms with E-state index in [1.807, 2.05) is 13.8 Å². The van der Waals surface area contributed by atoms with Crippen LogP contribution in [0, 0.1) is 13.8 Å². The second kappa shape index (κ2) is 8.49. The molecule has 0 unspecified atom stereocenters. The van der Waals surface area contributed by atoms with Crippen molar-refractivity contribution in [2.75, 3.05) is 18.4 Å². The molecule has 0 saturated carbocycles. The van der Waals surface area contributed by atoms with E-state index >= 15 is 0 Å². The highest BCUT2D eigenvalue weighted by Gasteiger charge is 2.24. The number of imidazole rings is 1. The van der Waals surface area contributed by atoms with Crippen molar-refractivity contribution in [2.45, 2.75) is 73.5 Å². The first-order chi connectivity index (χ1) is 13.7. The second-order valence-corrected chi connectivity index (χ2v) is 8.34. The first-order valence-electron chi connectivity index (χ1n) is 10.4. The van der Waals surface area contributed by atoms with Gasteiger partial charge in [0.15, 0.2) is 17.0 Å². The van der Waals surface area contributed by atoms with Crippen LogP contribution < -0.4 is 5.32 Å². The van der Waals surface area contributed by atoms with Gasteiger partial charge in [-0.1, -0.05) is 5.16 Å². The van der Waals surface area contributed by atoms with Crippen LogP contribution in [0.2, 0.25) is 0 Å². The Morgan fingerprint density at radius 2 is 1.76 bits per heavy atom. The molecule has 3 aromatic rings. The topological polar surface area (TPSA) is 84.9 Å². The van der Waals surface area contributed by atoms with Gasteiger partial charge >= 0.3 is 0 Å². The monoisotopic (exact) mass is 399 g/mol. The van der Waals surface area contributed by atoms with Crippen LogP contribution in [0.5, 0.6) is 0 Å². The van der Waals surface area contributed by atoms with Crippen molar-refractivity contribution in [1.82, 2.24) is 29.6 Å². The summed E-state index contributed by atoms with van der Waals surface area (Å²) in [6.07, 6.45) is 1.60. The lowest BCUT2D eigenvalue weighted by molar-refractivity contribution is 0.182. The number of anilines is 1. The molecular weight excluding hydrogens is 366 g/mol. The van der Waals surface area contributed by atoms with Crippen LogP contribution in [0.4, 0.5) is 5.82 Å². The maximum Gasteiger partial charge on any atom is 0.166 e. The molecule has 0 amide bonds. The molecule has 29 heavy (non-hydrogen) atoms. The van der Waals surface area contributed by atoms with Gasteiger partial charge < -0.3 is 14.4 Å². The number of nitrogens with one attached hydrogen (secondary N) is 1. The predicted octanol–water partition coefficient (Wildman–Crippen LogP) is 4.21. The highest BCUT2D eigenvalue weighted by molar-refractivity contribution is 5.87. The maximum absolute atomic E-state index is 5.39. The van der Waals surface area contributed by atoms with E-state index in [4.69, 9.17) is 9.51 Å².